The second kappa shape index (κ2) is 4.82. The fourth-order valence-electron chi connectivity index (χ4n) is 1.40. The Morgan fingerprint density at radius 2 is 1.88 bits per heavy atom. The maximum absolute atomic E-state index is 13.3. The SMILES string of the molecule is Nc1cccc(OCc2ccc(F)cc2F)c1. The Hall–Kier alpha value is -2.10. The molecule has 0 spiro atoms. The van der Waals surface area contributed by atoms with Gasteiger partial charge in [-0.05, 0) is 24.3 Å². The standard InChI is InChI=1S/C13H11F2NO/c14-10-5-4-9(13(15)6-10)8-17-12-3-1-2-11(16)7-12/h1-7H,8,16H2. The van der Waals surface area contributed by atoms with Crippen molar-refractivity contribution in [2.24, 2.45) is 0 Å². The fraction of sp³-hybridized carbons (Fsp3) is 0.0769. The van der Waals surface area contributed by atoms with Gasteiger partial charge in [0.25, 0.3) is 0 Å². The molecule has 0 heterocycles. The van der Waals surface area contributed by atoms with Gasteiger partial charge in [-0.25, -0.2) is 8.78 Å². The second-order valence-electron chi connectivity index (χ2n) is 3.60. The molecule has 2 nitrogen and oxygen atoms in total. The maximum atomic E-state index is 13.3. The fourth-order valence-corrected chi connectivity index (χ4v) is 1.40. The first-order valence-electron chi connectivity index (χ1n) is 5.07. The molecule has 0 bridgehead atoms. The van der Waals surface area contributed by atoms with Crippen molar-refractivity contribution in [2.75, 3.05) is 5.73 Å². The summed E-state index contributed by atoms with van der Waals surface area (Å²) < 4.78 is 31.3. The zero-order valence-electron chi connectivity index (χ0n) is 8.99. The Labute approximate surface area is 97.6 Å². The van der Waals surface area contributed by atoms with E-state index in [-0.39, 0.29) is 6.61 Å². The first-order valence-corrected chi connectivity index (χ1v) is 5.07. The number of hydrogen-bond donors (Lipinski definition) is 1. The van der Waals surface area contributed by atoms with E-state index in [0.717, 1.165) is 6.07 Å². The van der Waals surface area contributed by atoms with Gasteiger partial charge in [0.05, 0.1) is 0 Å². The van der Waals surface area contributed by atoms with Gasteiger partial charge in [-0.3, -0.25) is 0 Å². The van der Waals surface area contributed by atoms with Gasteiger partial charge in [-0.15, -0.1) is 0 Å². The molecule has 0 aromatic heterocycles. The number of anilines is 1. The Morgan fingerprint density at radius 3 is 2.59 bits per heavy atom. The van der Waals surface area contributed by atoms with Crippen LogP contribution >= 0.6 is 0 Å². The molecule has 0 amide bonds. The van der Waals surface area contributed by atoms with Crippen LogP contribution in [0.5, 0.6) is 5.75 Å². The van der Waals surface area contributed by atoms with Crippen LogP contribution in [0.2, 0.25) is 0 Å². The van der Waals surface area contributed by atoms with Gasteiger partial charge >= 0.3 is 0 Å². The lowest BCUT2D eigenvalue weighted by Crippen LogP contribution is -1.99. The summed E-state index contributed by atoms with van der Waals surface area (Å²) in [5.41, 5.74) is 6.44. The Morgan fingerprint density at radius 1 is 1.06 bits per heavy atom. The van der Waals surface area contributed by atoms with Crippen LogP contribution in [0.4, 0.5) is 14.5 Å². The summed E-state index contributed by atoms with van der Waals surface area (Å²) in [6.45, 7) is 0.0373. The quantitative estimate of drug-likeness (QED) is 0.829. The summed E-state index contributed by atoms with van der Waals surface area (Å²) >= 11 is 0. The Bertz CT molecular complexity index is 529. The number of hydrogen-bond acceptors (Lipinski definition) is 2. The van der Waals surface area contributed by atoms with Gasteiger partial charge in [0.2, 0.25) is 0 Å². The van der Waals surface area contributed by atoms with Crippen LogP contribution in [-0.4, -0.2) is 0 Å². The number of benzene rings is 2. The average Bonchev–Trinajstić information content (AvgIpc) is 2.28. The van der Waals surface area contributed by atoms with E-state index in [1.807, 2.05) is 0 Å². The minimum absolute atomic E-state index is 0.0373. The van der Waals surface area contributed by atoms with Crippen molar-refractivity contribution >= 4 is 5.69 Å². The second-order valence-corrected chi connectivity index (χ2v) is 3.60. The highest BCUT2D eigenvalue weighted by Crippen LogP contribution is 2.17. The minimum Gasteiger partial charge on any atom is -0.489 e. The number of nitrogens with two attached hydrogens (primary N) is 1. The summed E-state index contributed by atoms with van der Waals surface area (Å²) in [6, 6.07) is 10.2. The highest BCUT2D eigenvalue weighted by Gasteiger charge is 2.04. The zero-order valence-corrected chi connectivity index (χ0v) is 8.99. The first kappa shape index (κ1) is 11.4. The molecular weight excluding hydrogens is 224 g/mol. The van der Waals surface area contributed by atoms with Gasteiger partial charge in [0, 0.05) is 23.4 Å². The monoisotopic (exact) mass is 235 g/mol. The molecule has 0 aliphatic heterocycles. The molecule has 88 valence electrons. The molecule has 2 N–H and O–H groups in total. The van der Waals surface area contributed by atoms with Crippen LogP contribution in [0.1, 0.15) is 5.56 Å². The van der Waals surface area contributed by atoms with Crippen molar-refractivity contribution in [1.29, 1.82) is 0 Å². The molecule has 0 radical (unpaired) electrons. The molecule has 2 aromatic rings. The molecular formula is C13H11F2NO. The smallest absolute Gasteiger partial charge is 0.132 e. The van der Waals surface area contributed by atoms with Crippen molar-refractivity contribution in [1.82, 2.24) is 0 Å². The summed E-state index contributed by atoms with van der Waals surface area (Å²) in [5.74, 6) is -0.669. The van der Waals surface area contributed by atoms with Gasteiger partial charge in [0.1, 0.15) is 24.0 Å². The van der Waals surface area contributed by atoms with E-state index in [9.17, 15) is 8.78 Å². The Balaban J connectivity index is 2.07. The third kappa shape index (κ3) is 2.93. The van der Waals surface area contributed by atoms with Gasteiger partial charge in [0.15, 0.2) is 0 Å². The number of halogens is 2. The third-order valence-corrected chi connectivity index (χ3v) is 2.27. The van der Waals surface area contributed by atoms with Crippen LogP contribution in [-0.2, 0) is 6.61 Å². The van der Waals surface area contributed by atoms with Crippen LogP contribution < -0.4 is 10.5 Å². The molecule has 4 heteroatoms. The zero-order chi connectivity index (χ0) is 12.3. The lowest BCUT2D eigenvalue weighted by Gasteiger charge is -2.07. The molecule has 0 fully saturated rings. The van der Waals surface area contributed by atoms with Crippen LogP contribution in [0.3, 0.4) is 0 Å². The maximum Gasteiger partial charge on any atom is 0.132 e. The molecule has 0 atom stereocenters. The predicted octanol–water partition coefficient (Wildman–Crippen LogP) is 3.13. The van der Waals surface area contributed by atoms with Crippen molar-refractivity contribution in [3.05, 3.63) is 59.7 Å². The summed E-state index contributed by atoms with van der Waals surface area (Å²) in [7, 11) is 0. The molecule has 0 saturated carbocycles. The largest absolute Gasteiger partial charge is 0.489 e. The lowest BCUT2D eigenvalue weighted by molar-refractivity contribution is 0.299. The van der Waals surface area contributed by atoms with Crippen LogP contribution in [0.15, 0.2) is 42.5 Å². The van der Waals surface area contributed by atoms with E-state index >= 15 is 0 Å². The number of ether oxygens (including phenoxy) is 1. The van der Waals surface area contributed by atoms with E-state index in [1.54, 1.807) is 24.3 Å². The normalized spacial score (nSPS) is 10.2. The van der Waals surface area contributed by atoms with Crippen molar-refractivity contribution < 1.29 is 13.5 Å². The molecule has 2 rings (SSSR count). The molecule has 0 aliphatic rings. The van der Waals surface area contributed by atoms with E-state index in [2.05, 4.69) is 0 Å². The third-order valence-electron chi connectivity index (χ3n) is 2.27. The molecule has 0 unspecified atom stereocenters. The van der Waals surface area contributed by atoms with Gasteiger partial charge in [-0.2, -0.15) is 0 Å². The van der Waals surface area contributed by atoms with E-state index < -0.39 is 11.6 Å². The van der Waals surface area contributed by atoms with Crippen molar-refractivity contribution in [3.8, 4) is 5.75 Å². The number of nitrogen functional groups attached to an aromatic ring is 1. The van der Waals surface area contributed by atoms with Gasteiger partial charge in [-0.1, -0.05) is 6.07 Å². The van der Waals surface area contributed by atoms with Crippen molar-refractivity contribution in [3.63, 3.8) is 0 Å². The van der Waals surface area contributed by atoms with Crippen LogP contribution in [0, 0.1) is 11.6 Å². The summed E-state index contributed by atoms with van der Waals surface area (Å²) in [4.78, 5) is 0. The van der Waals surface area contributed by atoms with Crippen molar-refractivity contribution in [2.45, 2.75) is 6.61 Å². The molecule has 0 saturated heterocycles. The summed E-state index contributed by atoms with van der Waals surface area (Å²) in [5, 5.41) is 0. The van der Waals surface area contributed by atoms with E-state index in [0.29, 0.717) is 17.0 Å². The topological polar surface area (TPSA) is 35.2 Å². The first-order chi connectivity index (χ1) is 8.15. The lowest BCUT2D eigenvalue weighted by atomic mass is 10.2. The van der Waals surface area contributed by atoms with E-state index in [4.69, 9.17) is 10.5 Å². The van der Waals surface area contributed by atoms with Crippen LogP contribution in [0.25, 0.3) is 0 Å². The predicted molar refractivity (Wildman–Crippen MR) is 61.5 cm³/mol. The highest BCUT2D eigenvalue weighted by molar-refractivity contribution is 5.43. The average molecular weight is 235 g/mol. The molecule has 0 aliphatic carbocycles. The number of rotatable bonds is 3. The van der Waals surface area contributed by atoms with Gasteiger partial charge < -0.3 is 10.5 Å². The highest BCUT2D eigenvalue weighted by atomic mass is 19.1. The van der Waals surface area contributed by atoms with E-state index in [1.165, 1.54) is 12.1 Å². The molecule has 2 aromatic carbocycles. The summed E-state index contributed by atoms with van der Waals surface area (Å²) in [6.07, 6.45) is 0. The Kier molecular flexibility index (Phi) is 3.23. The minimum atomic E-state index is -0.617. The molecule has 17 heavy (non-hydrogen) atoms.